The molecule has 0 spiro atoms. The summed E-state index contributed by atoms with van der Waals surface area (Å²) < 4.78 is 95.0. The number of aliphatic carboxylic acids is 2. The van der Waals surface area contributed by atoms with Gasteiger partial charge in [0.25, 0.3) is 0 Å². The van der Waals surface area contributed by atoms with E-state index in [4.69, 9.17) is 24.2 Å². The van der Waals surface area contributed by atoms with E-state index < -0.39 is 34.3 Å². The van der Waals surface area contributed by atoms with E-state index in [0.29, 0.717) is 6.54 Å². The second kappa shape index (κ2) is 13.4. The Morgan fingerprint density at radius 3 is 2.08 bits per heavy atom. The van der Waals surface area contributed by atoms with Gasteiger partial charge in [-0.25, -0.2) is 22.7 Å². The number of hydrogen-bond donors (Lipinski definition) is 3. The number of carboxylic acids is 2. The summed E-state index contributed by atoms with van der Waals surface area (Å²) in [5.41, 5.74) is 1.10. The zero-order chi connectivity index (χ0) is 28.4. The number of carbonyl (C=O) groups is 2. The Bertz CT molecular complexity index is 1070. The molecule has 1 aliphatic heterocycles. The Labute approximate surface area is 206 Å². The number of rotatable bonds is 6. The Hall–Kier alpha value is -3.18. The van der Waals surface area contributed by atoms with Crippen LogP contribution in [0.2, 0.25) is 0 Å². The van der Waals surface area contributed by atoms with E-state index in [-0.39, 0.29) is 12.1 Å². The molecule has 1 saturated heterocycles. The highest BCUT2D eigenvalue weighted by Gasteiger charge is 2.39. The van der Waals surface area contributed by atoms with Crippen LogP contribution in [0.25, 0.3) is 0 Å². The number of furan rings is 1. The van der Waals surface area contributed by atoms with Gasteiger partial charge in [0, 0.05) is 31.0 Å². The minimum atomic E-state index is -5.08. The van der Waals surface area contributed by atoms with Crippen molar-refractivity contribution >= 4 is 22.0 Å². The number of nitrogens with zero attached hydrogens (tertiary/aromatic N) is 2. The Balaban J connectivity index is 0.000000404. The molecule has 0 radical (unpaired) electrons. The van der Waals surface area contributed by atoms with Gasteiger partial charge in [0.15, 0.2) is 0 Å². The topological polar surface area (TPSA) is 150 Å². The summed E-state index contributed by atoms with van der Waals surface area (Å²) >= 11 is 0. The third-order valence-electron chi connectivity index (χ3n) is 4.62. The number of carboxylic acid groups (broad SMARTS) is 2. The average Bonchev–Trinajstić information content (AvgIpc) is 3.39. The van der Waals surface area contributed by atoms with Crippen molar-refractivity contribution in [1.82, 2.24) is 14.6 Å². The average molecular weight is 563 g/mol. The molecule has 3 rings (SSSR count). The van der Waals surface area contributed by atoms with Crippen LogP contribution in [0.15, 0.2) is 47.3 Å². The molecule has 1 fully saturated rings. The smallest absolute Gasteiger partial charge is 0.475 e. The fourth-order valence-corrected chi connectivity index (χ4v) is 3.99. The summed E-state index contributed by atoms with van der Waals surface area (Å²) in [5, 5.41) is 14.2. The van der Waals surface area contributed by atoms with Crippen LogP contribution in [0.4, 0.5) is 26.3 Å². The van der Waals surface area contributed by atoms with Crippen molar-refractivity contribution in [2.75, 3.05) is 12.8 Å². The maximum atomic E-state index is 11.6. The Kier molecular flexibility index (Phi) is 11.5. The quantitative estimate of drug-likeness (QED) is 0.451. The molecule has 1 aliphatic rings. The van der Waals surface area contributed by atoms with E-state index in [2.05, 4.69) is 14.6 Å². The molecule has 2 atom stereocenters. The maximum absolute atomic E-state index is 11.6. The van der Waals surface area contributed by atoms with Crippen LogP contribution in [0.5, 0.6) is 0 Å². The number of halogens is 6. The highest BCUT2D eigenvalue weighted by Crippen LogP contribution is 2.24. The predicted octanol–water partition coefficient (Wildman–Crippen LogP) is 2.68. The lowest BCUT2D eigenvalue weighted by molar-refractivity contribution is -0.193. The van der Waals surface area contributed by atoms with Crippen molar-refractivity contribution in [3.05, 3.63) is 54.2 Å². The molecule has 10 nitrogen and oxygen atoms in total. The monoisotopic (exact) mass is 563 g/mol. The van der Waals surface area contributed by atoms with Gasteiger partial charge in [0.1, 0.15) is 5.76 Å². The first-order chi connectivity index (χ1) is 16.9. The summed E-state index contributed by atoms with van der Waals surface area (Å²) in [7, 11) is -3.23. The molecule has 208 valence electrons. The molecule has 0 bridgehead atoms. The normalized spacial score (nSPS) is 18.2. The van der Waals surface area contributed by atoms with Gasteiger partial charge in [-0.05, 0) is 36.6 Å². The third-order valence-corrected chi connectivity index (χ3v) is 5.35. The van der Waals surface area contributed by atoms with Crippen LogP contribution in [0, 0.1) is 0 Å². The second-order valence-electron chi connectivity index (χ2n) is 7.57. The molecule has 2 aromatic rings. The second-order valence-corrected chi connectivity index (χ2v) is 9.35. The van der Waals surface area contributed by atoms with Gasteiger partial charge >= 0.3 is 24.3 Å². The van der Waals surface area contributed by atoms with E-state index in [9.17, 15) is 34.8 Å². The molecule has 0 aliphatic carbocycles. The highest BCUT2D eigenvalue weighted by atomic mass is 32.2. The first-order valence-corrected chi connectivity index (χ1v) is 12.0. The molecule has 3 heterocycles. The van der Waals surface area contributed by atoms with Crippen LogP contribution < -0.4 is 4.72 Å². The molecule has 3 N–H and O–H groups in total. The van der Waals surface area contributed by atoms with Crippen molar-refractivity contribution in [2.45, 2.75) is 43.8 Å². The van der Waals surface area contributed by atoms with Gasteiger partial charge in [0.2, 0.25) is 10.0 Å². The number of alkyl halides is 6. The Morgan fingerprint density at radius 1 is 1.11 bits per heavy atom. The lowest BCUT2D eigenvalue weighted by Gasteiger charge is -2.27. The minimum absolute atomic E-state index is 0.0824. The zero-order valence-electron chi connectivity index (χ0n) is 19.0. The molecule has 2 aromatic heterocycles. The number of likely N-dealkylation sites (tertiary alicyclic amines) is 1. The SMILES string of the molecule is CS(=O)(=O)N[C@@H]1CCN(Cc2ccco2)[C@H]1Cc1cccnc1.O=C(O)C(F)(F)F.O=C(O)C(F)(F)F. The van der Waals surface area contributed by atoms with Crippen LogP contribution >= 0.6 is 0 Å². The summed E-state index contributed by atoms with van der Waals surface area (Å²) in [5.74, 6) is -4.62. The van der Waals surface area contributed by atoms with Crippen LogP contribution in [-0.2, 0) is 32.6 Å². The number of aromatic nitrogens is 1. The zero-order valence-corrected chi connectivity index (χ0v) is 19.8. The highest BCUT2D eigenvalue weighted by molar-refractivity contribution is 7.88. The van der Waals surface area contributed by atoms with E-state index in [1.54, 1.807) is 12.5 Å². The van der Waals surface area contributed by atoms with Gasteiger partial charge in [-0.3, -0.25) is 9.88 Å². The first-order valence-electron chi connectivity index (χ1n) is 10.1. The largest absolute Gasteiger partial charge is 0.490 e. The standard InChI is InChI=1S/C16H21N3O3S.2C2HF3O2/c1-23(20,21)18-15-6-8-19(12-14-5-3-9-22-14)16(15)10-13-4-2-7-17-11-13;2*3-2(4,5)1(6)7/h2-5,7,9,11,15-16,18H,6,8,10,12H2,1H3;2*(H,6,7)/t15-,16+;;/m1../s1. The third kappa shape index (κ3) is 12.6. The molecule has 17 heteroatoms. The molecular weight excluding hydrogens is 540 g/mol. The number of pyridine rings is 1. The van der Waals surface area contributed by atoms with Crippen molar-refractivity contribution in [3.8, 4) is 0 Å². The molecule has 0 saturated carbocycles. The summed E-state index contributed by atoms with van der Waals surface area (Å²) in [6.45, 7) is 1.51. The van der Waals surface area contributed by atoms with E-state index in [0.717, 1.165) is 30.7 Å². The van der Waals surface area contributed by atoms with Gasteiger partial charge < -0.3 is 14.6 Å². The van der Waals surface area contributed by atoms with Crippen molar-refractivity contribution < 1.29 is 59.0 Å². The fourth-order valence-electron chi connectivity index (χ4n) is 3.16. The van der Waals surface area contributed by atoms with E-state index in [1.807, 2.05) is 30.5 Å². The van der Waals surface area contributed by atoms with Gasteiger partial charge in [-0.2, -0.15) is 26.3 Å². The molecule has 0 unspecified atom stereocenters. The molecule has 0 amide bonds. The fraction of sp³-hybridized carbons (Fsp3) is 0.450. The van der Waals surface area contributed by atoms with Crippen molar-refractivity contribution in [2.24, 2.45) is 0 Å². The van der Waals surface area contributed by atoms with Crippen molar-refractivity contribution in [1.29, 1.82) is 0 Å². The van der Waals surface area contributed by atoms with Gasteiger partial charge in [-0.1, -0.05) is 6.07 Å². The Morgan fingerprint density at radius 2 is 1.68 bits per heavy atom. The van der Waals surface area contributed by atoms with Crippen molar-refractivity contribution in [3.63, 3.8) is 0 Å². The number of sulfonamides is 1. The number of nitrogens with one attached hydrogen (secondary N) is 1. The first kappa shape index (κ1) is 31.8. The summed E-state index contributed by atoms with van der Waals surface area (Å²) in [6, 6.07) is 7.72. The van der Waals surface area contributed by atoms with E-state index >= 15 is 0 Å². The van der Waals surface area contributed by atoms with E-state index in [1.165, 1.54) is 6.26 Å². The number of hydrogen-bond acceptors (Lipinski definition) is 7. The van der Waals surface area contributed by atoms with Crippen LogP contribution in [-0.4, -0.2) is 77.7 Å². The predicted molar refractivity (Wildman–Crippen MR) is 115 cm³/mol. The van der Waals surface area contributed by atoms with Crippen LogP contribution in [0.1, 0.15) is 17.7 Å². The molecule has 37 heavy (non-hydrogen) atoms. The lowest BCUT2D eigenvalue weighted by Crippen LogP contribution is -2.45. The summed E-state index contributed by atoms with van der Waals surface area (Å²) in [6.07, 6.45) is -2.18. The van der Waals surface area contributed by atoms with Gasteiger partial charge in [-0.15, -0.1) is 0 Å². The maximum Gasteiger partial charge on any atom is 0.490 e. The molecule has 0 aromatic carbocycles. The lowest BCUT2D eigenvalue weighted by atomic mass is 10.0. The summed E-state index contributed by atoms with van der Waals surface area (Å²) in [4.78, 5) is 24.2. The van der Waals surface area contributed by atoms with Crippen LogP contribution in [0.3, 0.4) is 0 Å². The molecular formula is C20H23F6N3O7S. The van der Waals surface area contributed by atoms with Gasteiger partial charge in [0.05, 0.1) is 19.1 Å². The minimum Gasteiger partial charge on any atom is -0.475 e.